The van der Waals surface area contributed by atoms with Crippen LogP contribution in [-0.2, 0) is 0 Å². The number of nitrogens with two attached hydrogens (primary N) is 1. The maximum atomic E-state index is 12.3. The highest BCUT2D eigenvalue weighted by atomic mass is 16.5. The van der Waals surface area contributed by atoms with Crippen molar-refractivity contribution in [2.75, 3.05) is 17.7 Å². The maximum Gasteiger partial charge on any atom is 0.316 e. The average molecular weight is 377 g/mol. The Balaban J connectivity index is 1.63. The Labute approximate surface area is 162 Å². The lowest BCUT2D eigenvalue weighted by atomic mass is 10.2. The van der Waals surface area contributed by atoms with E-state index in [9.17, 15) is 9.59 Å². The van der Waals surface area contributed by atoms with Crippen LogP contribution in [0.15, 0.2) is 72.8 Å². The van der Waals surface area contributed by atoms with Crippen molar-refractivity contribution in [1.29, 1.82) is 0 Å². The fraction of sp³-hybridized carbons (Fsp3) is 0.0476. The Hall–Kier alpha value is -4.00. The number of carbonyl (C=O) groups is 2. The van der Waals surface area contributed by atoms with Gasteiger partial charge in [-0.05, 0) is 60.7 Å². The zero-order valence-electron chi connectivity index (χ0n) is 15.1. The first-order valence-corrected chi connectivity index (χ1v) is 8.44. The number of primary amides is 1. The number of hydrogen-bond acceptors (Lipinski definition) is 4. The second kappa shape index (κ2) is 8.59. The summed E-state index contributed by atoms with van der Waals surface area (Å²) in [6.45, 7) is 0. The fourth-order valence-electron chi connectivity index (χ4n) is 2.49. The summed E-state index contributed by atoms with van der Waals surface area (Å²) in [6, 6.07) is 20.1. The number of rotatable bonds is 6. The van der Waals surface area contributed by atoms with Gasteiger partial charge in [-0.15, -0.1) is 0 Å². The SMILES string of the molecule is COc1ccccc1Oc1ccc(NC(=O)c2ccc(NC(N)=O)cc2)cc1. The number of urea groups is 1. The fourth-order valence-corrected chi connectivity index (χ4v) is 2.49. The molecule has 0 aliphatic rings. The van der Waals surface area contributed by atoms with Gasteiger partial charge in [0.05, 0.1) is 7.11 Å². The van der Waals surface area contributed by atoms with Crippen LogP contribution in [0.25, 0.3) is 0 Å². The van der Waals surface area contributed by atoms with Gasteiger partial charge < -0.3 is 25.8 Å². The van der Waals surface area contributed by atoms with Crippen LogP contribution in [0.5, 0.6) is 17.2 Å². The Morgan fingerprint density at radius 2 is 1.36 bits per heavy atom. The van der Waals surface area contributed by atoms with Crippen molar-refractivity contribution in [3.63, 3.8) is 0 Å². The topological polar surface area (TPSA) is 103 Å². The molecule has 0 atom stereocenters. The zero-order valence-corrected chi connectivity index (χ0v) is 15.1. The summed E-state index contributed by atoms with van der Waals surface area (Å²) in [5.74, 6) is 1.58. The van der Waals surface area contributed by atoms with Gasteiger partial charge in [0.2, 0.25) is 0 Å². The summed E-state index contributed by atoms with van der Waals surface area (Å²) >= 11 is 0. The van der Waals surface area contributed by atoms with Gasteiger partial charge in [-0.1, -0.05) is 12.1 Å². The third-order valence-electron chi connectivity index (χ3n) is 3.82. The number of nitrogens with one attached hydrogen (secondary N) is 2. The molecule has 0 aliphatic heterocycles. The molecule has 0 aliphatic carbocycles. The third kappa shape index (κ3) is 4.79. The molecule has 28 heavy (non-hydrogen) atoms. The molecule has 0 heterocycles. The molecular weight excluding hydrogens is 358 g/mol. The van der Waals surface area contributed by atoms with E-state index in [0.29, 0.717) is 34.2 Å². The number of carbonyl (C=O) groups excluding carboxylic acids is 2. The van der Waals surface area contributed by atoms with E-state index in [-0.39, 0.29) is 5.91 Å². The zero-order chi connectivity index (χ0) is 19.9. The molecule has 3 amide bonds. The Morgan fingerprint density at radius 1 is 0.786 bits per heavy atom. The van der Waals surface area contributed by atoms with Crippen molar-refractivity contribution < 1.29 is 19.1 Å². The quantitative estimate of drug-likeness (QED) is 0.598. The molecule has 142 valence electrons. The van der Waals surface area contributed by atoms with Crippen LogP contribution < -0.4 is 25.8 Å². The minimum absolute atomic E-state index is 0.274. The van der Waals surface area contributed by atoms with Crippen LogP contribution in [0.4, 0.5) is 16.2 Å². The molecule has 0 bridgehead atoms. The second-order valence-corrected chi connectivity index (χ2v) is 5.80. The minimum Gasteiger partial charge on any atom is -0.493 e. The molecule has 3 aromatic rings. The minimum atomic E-state index is -0.660. The van der Waals surface area contributed by atoms with Gasteiger partial charge in [0.25, 0.3) is 5.91 Å². The van der Waals surface area contributed by atoms with E-state index in [1.807, 2.05) is 24.3 Å². The molecule has 7 heteroatoms. The number of hydrogen-bond donors (Lipinski definition) is 3. The number of para-hydroxylation sites is 2. The summed E-state index contributed by atoms with van der Waals surface area (Å²) in [5.41, 5.74) is 6.64. The Kier molecular flexibility index (Phi) is 5.76. The number of anilines is 2. The molecule has 0 fully saturated rings. The van der Waals surface area contributed by atoms with E-state index < -0.39 is 6.03 Å². The first-order chi connectivity index (χ1) is 13.5. The van der Waals surface area contributed by atoms with E-state index >= 15 is 0 Å². The maximum absolute atomic E-state index is 12.3. The highest BCUT2D eigenvalue weighted by Gasteiger charge is 2.08. The van der Waals surface area contributed by atoms with Crippen LogP contribution in [0.3, 0.4) is 0 Å². The molecule has 0 unspecified atom stereocenters. The largest absolute Gasteiger partial charge is 0.493 e. The van der Waals surface area contributed by atoms with E-state index in [2.05, 4.69) is 10.6 Å². The number of methoxy groups -OCH3 is 1. The van der Waals surface area contributed by atoms with Gasteiger partial charge in [-0.25, -0.2) is 4.79 Å². The molecule has 0 aromatic heterocycles. The van der Waals surface area contributed by atoms with Crippen LogP contribution in [-0.4, -0.2) is 19.0 Å². The standard InChI is InChI=1S/C21H19N3O4/c1-27-18-4-2-3-5-19(18)28-17-12-10-15(11-13-17)23-20(25)14-6-8-16(9-7-14)24-21(22)26/h2-13H,1H3,(H,23,25)(H3,22,24,26). The second-order valence-electron chi connectivity index (χ2n) is 5.80. The van der Waals surface area contributed by atoms with Crippen LogP contribution in [0, 0.1) is 0 Å². The van der Waals surface area contributed by atoms with E-state index in [0.717, 1.165) is 0 Å². The van der Waals surface area contributed by atoms with Crippen molar-refractivity contribution in [2.24, 2.45) is 5.73 Å². The normalized spacial score (nSPS) is 10.0. The number of amides is 3. The summed E-state index contributed by atoms with van der Waals surface area (Å²) < 4.78 is 11.1. The predicted octanol–water partition coefficient (Wildman–Crippen LogP) is 4.23. The molecule has 0 radical (unpaired) electrons. The third-order valence-corrected chi connectivity index (χ3v) is 3.82. The Morgan fingerprint density at radius 3 is 1.96 bits per heavy atom. The Bertz CT molecular complexity index is 970. The molecule has 0 spiro atoms. The van der Waals surface area contributed by atoms with Gasteiger partial charge in [-0.3, -0.25) is 4.79 Å². The molecule has 3 aromatic carbocycles. The van der Waals surface area contributed by atoms with Crippen LogP contribution in [0.2, 0.25) is 0 Å². The lowest BCUT2D eigenvalue weighted by Gasteiger charge is -2.11. The molecular formula is C21H19N3O4. The van der Waals surface area contributed by atoms with E-state index in [1.54, 1.807) is 55.6 Å². The van der Waals surface area contributed by atoms with Gasteiger partial charge in [0, 0.05) is 16.9 Å². The van der Waals surface area contributed by atoms with Crippen LogP contribution in [0.1, 0.15) is 10.4 Å². The van der Waals surface area contributed by atoms with Crippen molar-refractivity contribution in [1.82, 2.24) is 0 Å². The highest BCUT2D eigenvalue weighted by molar-refractivity contribution is 6.04. The summed E-state index contributed by atoms with van der Waals surface area (Å²) in [7, 11) is 1.58. The van der Waals surface area contributed by atoms with E-state index in [4.69, 9.17) is 15.2 Å². The van der Waals surface area contributed by atoms with Gasteiger partial charge >= 0.3 is 6.03 Å². The molecule has 4 N–H and O–H groups in total. The molecule has 7 nitrogen and oxygen atoms in total. The van der Waals surface area contributed by atoms with Crippen molar-refractivity contribution in [3.05, 3.63) is 78.4 Å². The number of ether oxygens (including phenoxy) is 2. The van der Waals surface area contributed by atoms with E-state index in [1.165, 1.54) is 0 Å². The first kappa shape index (κ1) is 18.8. The highest BCUT2D eigenvalue weighted by Crippen LogP contribution is 2.31. The van der Waals surface area contributed by atoms with Crippen molar-refractivity contribution >= 4 is 23.3 Å². The molecule has 0 saturated heterocycles. The smallest absolute Gasteiger partial charge is 0.316 e. The van der Waals surface area contributed by atoms with Gasteiger partial charge in [0.15, 0.2) is 11.5 Å². The summed E-state index contributed by atoms with van der Waals surface area (Å²) in [5, 5.41) is 5.24. The average Bonchev–Trinajstić information content (AvgIpc) is 2.70. The van der Waals surface area contributed by atoms with Crippen molar-refractivity contribution in [2.45, 2.75) is 0 Å². The lowest BCUT2D eigenvalue weighted by Crippen LogP contribution is -2.19. The van der Waals surface area contributed by atoms with Crippen LogP contribution >= 0.6 is 0 Å². The van der Waals surface area contributed by atoms with Gasteiger partial charge in [0.1, 0.15) is 5.75 Å². The van der Waals surface area contributed by atoms with Crippen molar-refractivity contribution in [3.8, 4) is 17.2 Å². The molecule has 0 saturated carbocycles. The molecule has 3 rings (SSSR count). The van der Waals surface area contributed by atoms with Gasteiger partial charge in [-0.2, -0.15) is 0 Å². The summed E-state index contributed by atoms with van der Waals surface area (Å²) in [6.07, 6.45) is 0. The lowest BCUT2D eigenvalue weighted by molar-refractivity contribution is 0.102. The monoisotopic (exact) mass is 377 g/mol. The predicted molar refractivity (Wildman–Crippen MR) is 107 cm³/mol. The first-order valence-electron chi connectivity index (χ1n) is 8.44. The summed E-state index contributed by atoms with van der Waals surface area (Å²) in [4.78, 5) is 23.2. The number of benzene rings is 3.